The molecule has 0 atom stereocenters. The summed E-state index contributed by atoms with van der Waals surface area (Å²) in [5.74, 6) is 0. The molecule has 0 heterocycles. The van der Waals surface area contributed by atoms with Crippen molar-refractivity contribution in [3.63, 3.8) is 0 Å². The van der Waals surface area contributed by atoms with Crippen molar-refractivity contribution in [3.8, 4) is 11.1 Å². The molecular formula is C13H10OS. The van der Waals surface area contributed by atoms with Gasteiger partial charge in [-0.05, 0) is 28.7 Å². The van der Waals surface area contributed by atoms with Crippen LogP contribution in [0.1, 0.15) is 11.1 Å². The molecular weight excluding hydrogens is 204 g/mol. The van der Waals surface area contributed by atoms with Crippen LogP contribution in [0.2, 0.25) is 0 Å². The predicted octanol–water partition coefficient (Wildman–Crippen LogP) is 2.92. The van der Waals surface area contributed by atoms with Crippen molar-refractivity contribution in [2.45, 2.75) is 6.42 Å². The second-order valence-electron chi connectivity index (χ2n) is 3.49. The molecule has 0 saturated carbocycles. The predicted molar refractivity (Wildman–Crippen MR) is 62.8 cm³/mol. The molecule has 0 fully saturated rings. The van der Waals surface area contributed by atoms with Crippen LogP contribution in [0.5, 0.6) is 0 Å². The van der Waals surface area contributed by atoms with E-state index in [1.54, 1.807) is 0 Å². The fourth-order valence-electron chi connectivity index (χ4n) is 2.08. The first-order valence-electron chi connectivity index (χ1n) is 4.78. The molecule has 0 amide bonds. The molecule has 1 nitrogen and oxygen atoms in total. The van der Waals surface area contributed by atoms with Gasteiger partial charge in [0.1, 0.15) is 0 Å². The lowest BCUT2D eigenvalue weighted by molar-refractivity contribution is 0.702. The van der Waals surface area contributed by atoms with Gasteiger partial charge in [-0.1, -0.05) is 48.5 Å². The van der Waals surface area contributed by atoms with Gasteiger partial charge in [0.15, 0.2) is 12.5 Å². The van der Waals surface area contributed by atoms with E-state index in [-0.39, 0.29) is 0 Å². The second-order valence-corrected chi connectivity index (χ2v) is 3.49. The molecule has 0 spiro atoms. The molecule has 0 unspecified atom stereocenters. The van der Waals surface area contributed by atoms with Gasteiger partial charge in [0.05, 0.1) is 0 Å². The molecule has 3 rings (SSSR count). The van der Waals surface area contributed by atoms with Gasteiger partial charge in [-0.25, -0.2) is 0 Å². The molecule has 2 aromatic rings. The minimum absolute atomic E-state index is 1.10. The van der Waals surface area contributed by atoms with E-state index in [9.17, 15) is 0 Å². The Bertz CT molecular complexity index is 436. The van der Waals surface area contributed by atoms with Crippen molar-refractivity contribution in [2.24, 2.45) is 0 Å². The summed E-state index contributed by atoms with van der Waals surface area (Å²) in [7, 11) is 0. The van der Waals surface area contributed by atoms with Crippen molar-refractivity contribution in [1.82, 2.24) is 0 Å². The van der Waals surface area contributed by atoms with E-state index in [1.807, 2.05) is 0 Å². The Morgan fingerprint density at radius 3 is 1.60 bits per heavy atom. The fraction of sp³-hybridized carbons (Fsp3) is 0.0769. The maximum Gasteiger partial charge on any atom is 0.197 e. The Kier molecular flexibility index (Phi) is 2.88. The van der Waals surface area contributed by atoms with Gasteiger partial charge >= 0.3 is 0 Å². The quantitative estimate of drug-likeness (QED) is 0.572. The summed E-state index contributed by atoms with van der Waals surface area (Å²) in [6, 6.07) is 17.3. The Labute approximate surface area is 94.3 Å². The molecule has 0 bridgehead atoms. The summed E-state index contributed by atoms with van der Waals surface area (Å²) in [4.78, 5) is 0. The molecule has 74 valence electrons. The van der Waals surface area contributed by atoms with E-state index in [0.717, 1.165) is 6.42 Å². The topological polar surface area (TPSA) is 17.1 Å². The number of benzene rings is 2. The Hall–Kier alpha value is -1.54. The van der Waals surface area contributed by atoms with Crippen LogP contribution in [0.15, 0.2) is 48.5 Å². The van der Waals surface area contributed by atoms with Gasteiger partial charge in [-0.3, -0.25) is 0 Å². The summed E-state index contributed by atoms with van der Waals surface area (Å²) in [5.41, 5.74) is 5.75. The Morgan fingerprint density at radius 1 is 0.733 bits per heavy atom. The molecule has 1 aliphatic carbocycles. The smallest absolute Gasteiger partial charge is 0.197 e. The van der Waals surface area contributed by atoms with Crippen LogP contribution in [0.3, 0.4) is 0 Å². The highest BCUT2D eigenvalue weighted by molar-refractivity contribution is 7.44. The van der Waals surface area contributed by atoms with Gasteiger partial charge in [-0.2, -0.15) is 4.21 Å². The van der Waals surface area contributed by atoms with Crippen molar-refractivity contribution in [2.75, 3.05) is 0 Å². The fourth-order valence-corrected chi connectivity index (χ4v) is 2.08. The molecule has 0 aromatic heterocycles. The molecule has 0 radical (unpaired) electrons. The third-order valence-electron chi connectivity index (χ3n) is 2.71. The van der Waals surface area contributed by atoms with Crippen LogP contribution in [-0.2, 0) is 19.0 Å². The number of hydrogen-bond acceptors (Lipinski definition) is 2. The number of rotatable bonds is 0. The molecule has 15 heavy (non-hydrogen) atoms. The summed E-state index contributed by atoms with van der Waals surface area (Å²) in [5, 5.41) is 0. The van der Waals surface area contributed by atoms with Gasteiger partial charge in [0, 0.05) is 0 Å². The highest BCUT2D eigenvalue weighted by Gasteiger charge is 2.15. The largest absolute Gasteiger partial charge is 0.197 e. The second kappa shape index (κ2) is 4.32. The number of hydrogen-bond donors (Lipinski definition) is 0. The SMILES string of the molecule is O=S.c1ccc2c(c1)Cc1ccccc1-2. The highest BCUT2D eigenvalue weighted by Crippen LogP contribution is 2.35. The molecule has 1 aliphatic rings. The summed E-state index contributed by atoms with van der Waals surface area (Å²) < 4.78 is 7.83. The molecule has 0 saturated heterocycles. The van der Waals surface area contributed by atoms with Crippen LogP contribution >= 0.6 is 0 Å². The van der Waals surface area contributed by atoms with E-state index < -0.39 is 0 Å². The van der Waals surface area contributed by atoms with E-state index in [2.05, 4.69) is 61.1 Å². The van der Waals surface area contributed by atoms with Crippen LogP contribution in [0.25, 0.3) is 11.1 Å². The van der Waals surface area contributed by atoms with E-state index >= 15 is 0 Å². The maximum absolute atomic E-state index is 7.83. The normalized spacial score (nSPS) is 10.9. The minimum atomic E-state index is 1.10. The van der Waals surface area contributed by atoms with Gasteiger partial charge in [0.2, 0.25) is 0 Å². The molecule has 0 N–H and O–H groups in total. The average Bonchev–Trinajstić information content (AvgIpc) is 2.70. The van der Waals surface area contributed by atoms with Crippen molar-refractivity contribution in [3.05, 3.63) is 59.7 Å². The zero-order chi connectivity index (χ0) is 10.7. The van der Waals surface area contributed by atoms with Gasteiger partial charge in [0.25, 0.3) is 0 Å². The first kappa shape index (κ1) is 9.99. The third-order valence-corrected chi connectivity index (χ3v) is 2.71. The zero-order valence-corrected chi connectivity index (χ0v) is 8.96. The lowest BCUT2D eigenvalue weighted by Crippen LogP contribution is -1.77. The van der Waals surface area contributed by atoms with Crippen LogP contribution in [-0.4, -0.2) is 4.21 Å². The first-order chi connectivity index (χ1) is 7.45. The number of fused-ring (bicyclic) bond motifs is 3. The minimum Gasteiger partial charge on any atom is -0.197 e. The Morgan fingerprint density at radius 2 is 1.13 bits per heavy atom. The van der Waals surface area contributed by atoms with Crippen molar-refractivity contribution in [1.29, 1.82) is 0 Å². The molecule has 2 heteroatoms. The zero-order valence-electron chi connectivity index (χ0n) is 8.14. The standard InChI is InChI=1S/C13H10.OS/c1-3-7-12-10(5-1)9-11-6-2-4-8-13(11)12;1-2/h1-8H,9H2;. The van der Waals surface area contributed by atoms with E-state index in [1.165, 1.54) is 22.3 Å². The van der Waals surface area contributed by atoms with Crippen molar-refractivity contribution < 1.29 is 4.21 Å². The van der Waals surface area contributed by atoms with Crippen molar-refractivity contribution >= 4 is 12.5 Å². The van der Waals surface area contributed by atoms with E-state index in [4.69, 9.17) is 4.21 Å². The van der Waals surface area contributed by atoms with Gasteiger partial charge in [-0.15, -0.1) is 0 Å². The Balaban J connectivity index is 0.000000404. The van der Waals surface area contributed by atoms with Gasteiger partial charge < -0.3 is 0 Å². The average molecular weight is 214 g/mol. The van der Waals surface area contributed by atoms with E-state index in [0.29, 0.717) is 0 Å². The summed E-state index contributed by atoms with van der Waals surface area (Å²) in [6.45, 7) is 0. The monoisotopic (exact) mass is 214 g/mol. The summed E-state index contributed by atoms with van der Waals surface area (Å²) >= 11 is 2.83. The molecule has 2 aromatic carbocycles. The highest BCUT2D eigenvalue weighted by atomic mass is 32.1. The summed E-state index contributed by atoms with van der Waals surface area (Å²) in [6.07, 6.45) is 1.10. The van der Waals surface area contributed by atoms with Crippen LogP contribution in [0.4, 0.5) is 0 Å². The third kappa shape index (κ3) is 1.68. The lowest BCUT2D eigenvalue weighted by Gasteiger charge is -1.98. The maximum atomic E-state index is 7.83. The molecule has 0 aliphatic heterocycles. The van der Waals surface area contributed by atoms with Crippen LogP contribution < -0.4 is 0 Å². The first-order valence-corrected chi connectivity index (χ1v) is 5.11. The van der Waals surface area contributed by atoms with Crippen LogP contribution in [0, 0.1) is 0 Å². The lowest BCUT2D eigenvalue weighted by atomic mass is 10.1.